The van der Waals surface area contributed by atoms with E-state index in [4.69, 9.17) is 0 Å². The van der Waals surface area contributed by atoms with Gasteiger partial charge in [0.1, 0.15) is 13.1 Å². The van der Waals surface area contributed by atoms with Gasteiger partial charge in [-0.3, -0.25) is 0 Å². The van der Waals surface area contributed by atoms with E-state index in [-0.39, 0.29) is 0 Å². The van der Waals surface area contributed by atoms with Crippen molar-refractivity contribution in [1.82, 2.24) is 0 Å². The second-order valence-electron chi connectivity index (χ2n) is 13.1. The standard InChI is InChI=1S/C42H68N/c1-3-5-7-9-11-13-15-17-19-21-23-31-37-43(39-41-33-27-25-28-34-41,40-42-35-29-26-30-36-42)38-32-24-22-20-18-16-14-12-10-8-6-4-2/h17-20,25-30,33-36H,3-16,21-24,31-32,37-40H2,1-2H3/q+1/b19-17+,20-18+. The van der Waals surface area contributed by atoms with Gasteiger partial charge in [0.15, 0.2) is 0 Å². The molecule has 0 aromatic heterocycles. The SMILES string of the molecule is CCCCCCCC/C=C/CCCC[N+](CCCC/C=C/CCCCCCCC)(Cc1ccccc1)Cc1ccccc1. The van der Waals surface area contributed by atoms with Crippen LogP contribution in [-0.2, 0) is 13.1 Å². The van der Waals surface area contributed by atoms with Crippen LogP contribution >= 0.6 is 0 Å². The van der Waals surface area contributed by atoms with Crippen LogP contribution in [-0.4, -0.2) is 17.6 Å². The first-order valence-corrected chi connectivity index (χ1v) is 18.5. The fraction of sp³-hybridized carbons (Fsp3) is 0.619. The molecule has 0 saturated carbocycles. The maximum atomic E-state index is 2.46. The van der Waals surface area contributed by atoms with E-state index in [2.05, 4.69) is 98.8 Å². The van der Waals surface area contributed by atoms with Gasteiger partial charge >= 0.3 is 0 Å². The Morgan fingerprint density at radius 2 is 0.721 bits per heavy atom. The number of quaternary nitrogens is 1. The second-order valence-corrected chi connectivity index (χ2v) is 13.1. The van der Waals surface area contributed by atoms with Gasteiger partial charge in [0.2, 0.25) is 0 Å². The Balaban J connectivity index is 1.87. The third kappa shape index (κ3) is 19.7. The van der Waals surface area contributed by atoms with Crippen LogP contribution in [0.1, 0.15) is 153 Å². The first-order valence-electron chi connectivity index (χ1n) is 18.5. The monoisotopic (exact) mass is 587 g/mol. The van der Waals surface area contributed by atoms with Crippen LogP contribution in [0.25, 0.3) is 0 Å². The molecule has 1 heteroatoms. The number of nitrogens with zero attached hydrogens (tertiary/aromatic N) is 1. The van der Waals surface area contributed by atoms with Crippen LogP contribution in [0.15, 0.2) is 85.0 Å². The zero-order valence-corrected chi connectivity index (χ0v) is 28.5. The van der Waals surface area contributed by atoms with Crippen molar-refractivity contribution in [2.75, 3.05) is 13.1 Å². The number of hydrogen-bond acceptors (Lipinski definition) is 0. The first-order chi connectivity index (χ1) is 21.3. The largest absolute Gasteiger partial charge is 0.316 e. The van der Waals surface area contributed by atoms with E-state index in [1.54, 1.807) is 0 Å². The maximum Gasteiger partial charge on any atom is 0.105 e. The van der Waals surface area contributed by atoms with E-state index in [1.807, 2.05) is 0 Å². The zero-order chi connectivity index (χ0) is 30.5. The van der Waals surface area contributed by atoms with Gasteiger partial charge in [0.25, 0.3) is 0 Å². The van der Waals surface area contributed by atoms with Gasteiger partial charge in [0.05, 0.1) is 13.1 Å². The lowest BCUT2D eigenvalue weighted by Crippen LogP contribution is -2.48. The highest BCUT2D eigenvalue weighted by Gasteiger charge is 2.27. The van der Waals surface area contributed by atoms with Gasteiger partial charge in [-0.1, -0.05) is 163 Å². The van der Waals surface area contributed by atoms with Gasteiger partial charge in [-0.25, -0.2) is 0 Å². The van der Waals surface area contributed by atoms with Crippen molar-refractivity contribution in [3.05, 3.63) is 96.1 Å². The predicted molar refractivity (Wildman–Crippen MR) is 192 cm³/mol. The maximum absolute atomic E-state index is 2.46. The number of allylic oxidation sites excluding steroid dienone is 4. The van der Waals surface area contributed by atoms with Crippen molar-refractivity contribution in [3.63, 3.8) is 0 Å². The quantitative estimate of drug-likeness (QED) is 0.0528. The van der Waals surface area contributed by atoms with Crippen LogP contribution in [0, 0.1) is 0 Å². The van der Waals surface area contributed by atoms with E-state index >= 15 is 0 Å². The van der Waals surface area contributed by atoms with Gasteiger partial charge < -0.3 is 4.48 Å². The molecule has 0 aliphatic carbocycles. The van der Waals surface area contributed by atoms with Crippen molar-refractivity contribution in [1.29, 1.82) is 0 Å². The molecule has 0 radical (unpaired) electrons. The normalized spacial score (nSPS) is 12.1. The molecule has 0 atom stereocenters. The van der Waals surface area contributed by atoms with E-state index < -0.39 is 0 Å². The summed E-state index contributed by atoms with van der Waals surface area (Å²) in [6.45, 7) is 9.40. The van der Waals surface area contributed by atoms with E-state index in [0.29, 0.717) is 0 Å². The smallest absolute Gasteiger partial charge is 0.105 e. The molecule has 0 heterocycles. The summed E-state index contributed by atoms with van der Waals surface area (Å²) in [6.07, 6.45) is 36.7. The minimum absolute atomic E-state index is 1.14. The molecule has 43 heavy (non-hydrogen) atoms. The first kappa shape index (κ1) is 37.1. The minimum atomic E-state index is 1.14. The van der Waals surface area contributed by atoms with Crippen LogP contribution in [0.5, 0.6) is 0 Å². The average Bonchev–Trinajstić information content (AvgIpc) is 3.03. The van der Waals surface area contributed by atoms with Crippen molar-refractivity contribution in [2.45, 2.75) is 155 Å². The third-order valence-electron chi connectivity index (χ3n) is 9.01. The molecule has 240 valence electrons. The van der Waals surface area contributed by atoms with E-state index in [9.17, 15) is 0 Å². The van der Waals surface area contributed by atoms with Crippen LogP contribution in [0.4, 0.5) is 0 Å². The van der Waals surface area contributed by atoms with Gasteiger partial charge in [-0.05, 0) is 64.2 Å². The Morgan fingerprint density at radius 1 is 0.395 bits per heavy atom. The number of unbranched alkanes of at least 4 members (excludes halogenated alkanes) is 16. The molecule has 0 unspecified atom stereocenters. The summed E-state index contributed by atoms with van der Waals surface area (Å²) in [4.78, 5) is 0. The van der Waals surface area contributed by atoms with Crippen molar-refractivity contribution in [3.8, 4) is 0 Å². The van der Waals surface area contributed by atoms with Gasteiger partial charge in [-0.2, -0.15) is 0 Å². The lowest BCUT2D eigenvalue weighted by molar-refractivity contribution is -0.954. The Labute approximate surface area is 268 Å². The van der Waals surface area contributed by atoms with Crippen LogP contribution < -0.4 is 0 Å². The van der Waals surface area contributed by atoms with Gasteiger partial charge in [-0.15, -0.1) is 0 Å². The molecular weight excluding hydrogens is 518 g/mol. The Kier molecular flexibility index (Phi) is 22.7. The Bertz CT molecular complexity index is 835. The molecule has 2 aromatic carbocycles. The summed E-state index contributed by atoms with van der Waals surface area (Å²) >= 11 is 0. The average molecular weight is 587 g/mol. The molecule has 0 fully saturated rings. The molecule has 2 rings (SSSR count). The minimum Gasteiger partial charge on any atom is -0.316 e. The van der Waals surface area contributed by atoms with E-state index in [0.717, 1.165) is 13.1 Å². The van der Waals surface area contributed by atoms with Crippen molar-refractivity contribution < 1.29 is 4.48 Å². The second kappa shape index (κ2) is 26.3. The van der Waals surface area contributed by atoms with E-state index in [1.165, 1.54) is 157 Å². The number of rotatable bonds is 28. The molecule has 2 aromatic rings. The topological polar surface area (TPSA) is 0 Å². The number of benzene rings is 2. The van der Waals surface area contributed by atoms with Crippen molar-refractivity contribution in [2.24, 2.45) is 0 Å². The fourth-order valence-electron chi connectivity index (χ4n) is 6.40. The number of hydrogen-bond donors (Lipinski definition) is 0. The lowest BCUT2D eigenvalue weighted by atomic mass is 10.1. The lowest BCUT2D eigenvalue weighted by Gasteiger charge is -2.39. The molecule has 0 aliphatic rings. The molecule has 0 bridgehead atoms. The molecule has 0 aliphatic heterocycles. The summed E-state index contributed by atoms with van der Waals surface area (Å²) in [5, 5.41) is 0. The highest BCUT2D eigenvalue weighted by molar-refractivity contribution is 5.15. The van der Waals surface area contributed by atoms with Crippen LogP contribution in [0.3, 0.4) is 0 Å². The highest BCUT2D eigenvalue weighted by atomic mass is 15.3. The van der Waals surface area contributed by atoms with Crippen molar-refractivity contribution >= 4 is 0 Å². The van der Waals surface area contributed by atoms with Crippen LogP contribution in [0.2, 0.25) is 0 Å². The summed E-state index contributed by atoms with van der Waals surface area (Å²) < 4.78 is 1.18. The molecule has 0 saturated heterocycles. The predicted octanol–water partition coefficient (Wildman–Crippen LogP) is 13.2. The molecule has 0 amide bonds. The summed E-state index contributed by atoms with van der Waals surface area (Å²) in [5.41, 5.74) is 2.96. The fourth-order valence-corrected chi connectivity index (χ4v) is 6.40. The Hall–Kier alpha value is -2.12. The molecular formula is C42H68N+. The summed E-state index contributed by atoms with van der Waals surface area (Å²) in [7, 11) is 0. The third-order valence-corrected chi connectivity index (χ3v) is 9.01. The molecule has 0 spiro atoms. The van der Waals surface area contributed by atoms with Gasteiger partial charge in [0, 0.05) is 11.1 Å². The summed E-state index contributed by atoms with van der Waals surface area (Å²) in [6, 6.07) is 22.6. The highest BCUT2D eigenvalue weighted by Crippen LogP contribution is 2.24. The zero-order valence-electron chi connectivity index (χ0n) is 28.5. The molecule has 1 nitrogen and oxygen atoms in total. The molecule has 0 N–H and O–H groups in total. The summed E-state index contributed by atoms with van der Waals surface area (Å²) in [5.74, 6) is 0. The Morgan fingerprint density at radius 3 is 1.09 bits per heavy atom.